The lowest BCUT2D eigenvalue weighted by Gasteiger charge is -2.24. The second kappa shape index (κ2) is 21.4. The highest BCUT2D eigenvalue weighted by Gasteiger charge is 2.25. The van der Waals surface area contributed by atoms with Gasteiger partial charge in [0.1, 0.15) is 13.2 Å². The number of ether oxygens (including phenoxy) is 2. The number of amides is 1. The summed E-state index contributed by atoms with van der Waals surface area (Å²) in [6.45, 7) is 3.09. The Morgan fingerprint density at radius 1 is 0.800 bits per heavy atom. The molecule has 0 heterocycles. The Morgan fingerprint density at radius 2 is 1.29 bits per heavy atom. The van der Waals surface area contributed by atoms with Gasteiger partial charge in [0.2, 0.25) is 0 Å². The van der Waals surface area contributed by atoms with E-state index in [2.05, 4.69) is 6.92 Å². The third-order valence-electron chi connectivity index (χ3n) is 5.67. The lowest BCUT2D eigenvalue weighted by atomic mass is 10.0. The fourth-order valence-corrected chi connectivity index (χ4v) is 4.28. The average molecular weight is 526 g/mol. The molecule has 1 amide bonds. The van der Waals surface area contributed by atoms with Crippen molar-refractivity contribution in [2.24, 2.45) is 5.73 Å². The number of phosphoric ester groups is 1. The maximum atomic E-state index is 12.0. The van der Waals surface area contributed by atoms with Gasteiger partial charge in [0, 0.05) is 6.61 Å². The van der Waals surface area contributed by atoms with Crippen LogP contribution in [0.4, 0.5) is 4.79 Å². The van der Waals surface area contributed by atoms with Crippen LogP contribution >= 0.6 is 7.82 Å². The third kappa shape index (κ3) is 26.2. The van der Waals surface area contributed by atoms with Crippen molar-refractivity contribution in [2.75, 3.05) is 54.1 Å². The minimum atomic E-state index is -4.25. The summed E-state index contributed by atoms with van der Waals surface area (Å²) in [6.07, 6.45) is 16.1. The molecule has 2 unspecified atom stereocenters. The van der Waals surface area contributed by atoms with Crippen LogP contribution in [0.3, 0.4) is 0 Å². The number of rotatable bonds is 25. The number of likely N-dealkylation sites (N-methyl/N-ethyl adjacent to an activating group) is 1. The molecule has 0 rings (SSSR count). The summed E-state index contributed by atoms with van der Waals surface area (Å²) in [5, 5.41) is 0. The number of unbranched alkanes of at least 4 members (excludes halogenated alkanes) is 13. The second-order valence-corrected chi connectivity index (χ2v) is 11.8. The Hall–Kier alpha value is -0.700. The maximum Gasteiger partial charge on any atom is 0.472 e. The standard InChI is InChI=1S/C25H53N2O7P/c1-5-6-7-8-9-10-11-12-13-14-15-16-17-18-20-31-22-24(34-25(26)28)23-33-35(29,30)32-21-19-27(2,3)4/h24H,5-23H2,1-4H3,(H2-,26,28,29,30)/p+1. The van der Waals surface area contributed by atoms with Crippen LogP contribution in [0.15, 0.2) is 0 Å². The molecule has 0 radical (unpaired) electrons. The zero-order chi connectivity index (χ0) is 26.4. The number of carbonyl (C=O) groups excluding carboxylic acids is 1. The molecule has 0 aliphatic carbocycles. The minimum Gasteiger partial charge on any atom is -0.441 e. The van der Waals surface area contributed by atoms with E-state index in [-0.39, 0.29) is 19.8 Å². The number of quaternary nitrogens is 1. The van der Waals surface area contributed by atoms with Crippen LogP contribution < -0.4 is 5.73 Å². The molecule has 0 fully saturated rings. The van der Waals surface area contributed by atoms with Crippen LogP contribution in [0.5, 0.6) is 0 Å². The quantitative estimate of drug-likeness (QED) is 0.0880. The topological polar surface area (TPSA) is 117 Å². The van der Waals surface area contributed by atoms with Crippen molar-refractivity contribution in [3.05, 3.63) is 0 Å². The first-order valence-corrected chi connectivity index (χ1v) is 15.0. The summed E-state index contributed by atoms with van der Waals surface area (Å²) in [7, 11) is 1.58. The van der Waals surface area contributed by atoms with Crippen LogP contribution in [-0.4, -0.2) is 75.7 Å². The monoisotopic (exact) mass is 525 g/mol. The van der Waals surface area contributed by atoms with Crippen LogP contribution in [0.1, 0.15) is 96.8 Å². The molecule has 2 atom stereocenters. The van der Waals surface area contributed by atoms with Crippen molar-refractivity contribution >= 4 is 13.9 Å². The molecule has 9 nitrogen and oxygen atoms in total. The predicted molar refractivity (Wildman–Crippen MR) is 140 cm³/mol. The SMILES string of the molecule is CCCCCCCCCCCCCCCCOCC(COP(=O)(O)OCC[N+](C)(C)C)OC(N)=O. The first kappa shape index (κ1) is 34.3. The van der Waals surface area contributed by atoms with Crippen LogP contribution in [-0.2, 0) is 23.1 Å². The molecule has 10 heteroatoms. The van der Waals surface area contributed by atoms with E-state index in [1.54, 1.807) is 0 Å². The molecular weight excluding hydrogens is 471 g/mol. The summed E-state index contributed by atoms with van der Waals surface area (Å²) in [5.41, 5.74) is 5.08. The van der Waals surface area contributed by atoms with Gasteiger partial charge in [0.15, 0.2) is 6.10 Å². The fourth-order valence-electron chi connectivity index (χ4n) is 3.54. The minimum absolute atomic E-state index is 0.0419. The highest BCUT2D eigenvalue weighted by atomic mass is 31.2. The highest BCUT2D eigenvalue weighted by Crippen LogP contribution is 2.43. The molecule has 0 aromatic rings. The van der Waals surface area contributed by atoms with E-state index in [0.717, 1.165) is 12.8 Å². The zero-order valence-corrected chi connectivity index (χ0v) is 23.8. The second-order valence-electron chi connectivity index (χ2n) is 10.3. The Labute approximate surface area is 214 Å². The van der Waals surface area contributed by atoms with Gasteiger partial charge in [-0.2, -0.15) is 0 Å². The fraction of sp³-hybridized carbons (Fsp3) is 0.960. The first-order chi connectivity index (χ1) is 16.6. The summed E-state index contributed by atoms with van der Waals surface area (Å²) in [5.74, 6) is 0. The zero-order valence-electron chi connectivity index (χ0n) is 22.9. The lowest BCUT2D eigenvalue weighted by Crippen LogP contribution is -2.37. The molecule has 0 aromatic heterocycles. The first-order valence-electron chi connectivity index (χ1n) is 13.5. The molecule has 0 aromatic carbocycles. The smallest absolute Gasteiger partial charge is 0.441 e. The summed E-state index contributed by atoms with van der Waals surface area (Å²) in [6, 6.07) is 0. The molecular formula is C25H54N2O7P+. The number of nitrogens with zero attached hydrogens (tertiary/aromatic N) is 1. The van der Waals surface area contributed by atoms with Crippen LogP contribution in [0.2, 0.25) is 0 Å². The molecule has 0 aliphatic heterocycles. The lowest BCUT2D eigenvalue weighted by molar-refractivity contribution is -0.870. The number of phosphoric acid groups is 1. The van der Waals surface area contributed by atoms with Gasteiger partial charge >= 0.3 is 13.9 Å². The third-order valence-corrected chi connectivity index (χ3v) is 6.65. The van der Waals surface area contributed by atoms with E-state index in [4.69, 9.17) is 24.3 Å². The average Bonchev–Trinajstić information content (AvgIpc) is 2.75. The Bertz CT molecular complexity index is 558. The number of carbonyl (C=O) groups is 1. The van der Waals surface area contributed by atoms with Crippen molar-refractivity contribution in [1.82, 2.24) is 0 Å². The van der Waals surface area contributed by atoms with Gasteiger partial charge in [-0.05, 0) is 6.42 Å². The Kier molecular flexibility index (Phi) is 21.0. The van der Waals surface area contributed by atoms with Crippen LogP contribution in [0.25, 0.3) is 0 Å². The molecule has 0 saturated heterocycles. The van der Waals surface area contributed by atoms with Crippen LogP contribution in [0, 0.1) is 0 Å². The van der Waals surface area contributed by atoms with E-state index in [1.165, 1.54) is 77.0 Å². The Morgan fingerprint density at radius 3 is 1.74 bits per heavy atom. The maximum absolute atomic E-state index is 12.0. The van der Waals surface area contributed by atoms with E-state index in [1.807, 2.05) is 21.1 Å². The number of nitrogens with two attached hydrogens (primary N) is 1. The van der Waals surface area contributed by atoms with Crippen molar-refractivity contribution in [2.45, 2.75) is 103 Å². The van der Waals surface area contributed by atoms with Gasteiger partial charge in [-0.25, -0.2) is 9.36 Å². The van der Waals surface area contributed by atoms with E-state index in [9.17, 15) is 14.3 Å². The summed E-state index contributed by atoms with van der Waals surface area (Å²) >= 11 is 0. The molecule has 210 valence electrons. The molecule has 3 N–H and O–H groups in total. The largest absolute Gasteiger partial charge is 0.472 e. The summed E-state index contributed by atoms with van der Waals surface area (Å²) in [4.78, 5) is 20.9. The van der Waals surface area contributed by atoms with Gasteiger partial charge in [0.05, 0.1) is 34.4 Å². The number of primary amides is 1. The number of hydrogen-bond donors (Lipinski definition) is 2. The highest BCUT2D eigenvalue weighted by molar-refractivity contribution is 7.47. The molecule has 0 saturated carbocycles. The molecule has 0 spiro atoms. The molecule has 0 bridgehead atoms. The van der Waals surface area contributed by atoms with Crippen molar-refractivity contribution in [3.63, 3.8) is 0 Å². The number of hydrogen-bond acceptors (Lipinski definition) is 6. The normalized spacial score (nSPS) is 14.5. The van der Waals surface area contributed by atoms with Crippen molar-refractivity contribution in [3.8, 4) is 0 Å². The van der Waals surface area contributed by atoms with Gasteiger partial charge in [0.25, 0.3) is 0 Å². The van der Waals surface area contributed by atoms with Crippen molar-refractivity contribution < 1.29 is 37.3 Å². The molecule has 35 heavy (non-hydrogen) atoms. The van der Waals surface area contributed by atoms with Gasteiger partial charge in [-0.15, -0.1) is 0 Å². The molecule has 0 aliphatic rings. The van der Waals surface area contributed by atoms with E-state index < -0.39 is 20.0 Å². The summed E-state index contributed by atoms with van der Waals surface area (Å²) < 4.78 is 33.0. The van der Waals surface area contributed by atoms with Gasteiger partial charge in [-0.1, -0.05) is 90.4 Å². The van der Waals surface area contributed by atoms with Gasteiger partial charge in [-0.3, -0.25) is 9.05 Å². The van der Waals surface area contributed by atoms with E-state index >= 15 is 0 Å². The Balaban J connectivity index is 3.77. The van der Waals surface area contributed by atoms with Crippen molar-refractivity contribution in [1.29, 1.82) is 0 Å². The predicted octanol–water partition coefficient (Wildman–Crippen LogP) is 5.79. The van der Waals surface area contributed by atoms with E-state index in [0.29, 0.717) is 17.6 Å². The van der Waals surface area contributed by atoms with Gasteiger partial charge < -0.3 is 24.6 Å².